The van der Waals surface area contributed by atoms with Crippen LogP contribution in [0.25, 0.3) is 0 Å². The average molecular weight is 393 g/mol. The van der Waals surface area contributed by atoms with E-state index in [1.165, 1.54) is 36.5 Å². The maximum absolute atomic E-state index is 13.7. The summed E-state index contributed by atoms with van der Waals surface area (Å²) in [5, 5.41) is 4.90. The van der Waals surface area contributed by atoms with Crippen molar-refractivity contribution >= 4 is 23.1 Å². The molecular weight excluding hydrogens is 381 g/mol. The van der Waals surface area contributed by atoms with Gasteiger partial charge < -0.3 is 10.6 Å². The first-order chi connectivity index (χ1) is 13.2. The molecule has 2 N–H and O–H groups in total. The lowest BCUT2D eigenvalue weighted by Gasteiger charge is -2.10. The van der Waals surface area contributed by atoms with Crippen molar-refractivity contribution in [3.63, 3.8) is 0 Å². The number of halogens is 5. The van der Waals surface area contributed by atoms with E-state index >= 15 is 0 Å². The Hall–Kier alpha value is -3.49. The molecular formula is C19H12F5N3O. The Balaban J connectivity index is 1.76. The highest BCUT2D eigenvalue weighted by Gasteiger charge is 2.29. The van der Waals surface area contributed by atoms with E-state index in [0.29, 0.717) is 5.69 Å². The van der Waals surface area contributed by atoms with Gasteiger partial charge in [0, 0.05) is 17.4 Å². The van der Waals surface area contributed by atoms with Gasteiger partial charge in [0.2, 0.25) is 0 Å². The Morgan fingerprint density at radius 2 is 1.57 bits per heavy atom. The van der Waals surface area contributed by atoms with Crippen LogP contribution in [0.1, 0.15) is 15.9 Å². The topological polar surface area (TPSA) is 54.0 Å². The third-order valence-electron chi connectivity index (χ3n) is 3.71. The normalized spacial score (nSPS) is 11.2. The van der Waals surface area contributed by atoms with Crippen LogP contribution in [-0.2, 0) is 6.18 Å². The highest BCUT2D eigenvalue weighted by Crippen LogP contribution is 2.30. The van der Waals surface area contributed by atoms with Gasteiger partial charge in [-0.05, 0) is 48.5 Å². The zero-order valence-electron chi connectivity index (χ0n) is 14.0. The average Bonchev–Trinajstić information content (AvgIpc) is 2.64. The molecule has 0 spiro atoms. The van der Waals surface area contributed by atoms with Crippen molar-refractivity contribution in [3.8, 4) is 0 Å². The molecule has 4 nitrogen and oxygen atoms in total. The van der Waals surface area contributed by atoms with Crippen LogP contribution in [0.4, 0.5) is 39.1 Å². The number of benzene rings is 2. The van der Waals surface area contributed by atoms with Crippen LogP contribution in [0, 0.1) is 11.6 Å². The fraction of sp³-hybridized carbons (Fsp3) is 0.0526. The zero-order valence-corrected chi connectivity index (χ0v) is 14.0. The van der Waals surface area contributed by atoms with Crippen LogP contribution in [0.15, 0.2) is 60.8 Å². The van der Waals surface area contributed by atoms with Crippen LogP contribution in [-0.4, -0.2) is 10.9 Å². The Bertz CT molecular complexity index is 983. The molecule has 0 aliphatic rings. The number of nitrogens with one attached hydrogen (secondary N) is 2. The molecule has 1 heterocycles. The molecule has 3 aromatic rings. The molecule has 0 aliphatic carbocycles. The quantitative estimate of drug-likeness (QED) is 0.586. The second kappa shape index (κ2) is 7.63. The van der Waals surface area contributed by atoms with Gasteiger partial charge in [0.25, 0.3) is 5.91 Å². The van der Waals surface area contributed by atoms with Crippen LogP contribution >= 0.6 is 0 Å². The summed E-state index contributed by atoms with van der Waals surface area (Å²) in [5.74, 6) is -2.46. The molecule has 9 heteroatoms. The zero-order chi connectivity index (χ0) is 20.3. The molecule has 0 unspecified atom stereocenters. The summed E-state index contributed by atoms with van der Waals surface area (Å²) in [6.07, 6.45) is -3.17. The van der Waals surface area contributed by atoms with Gasteiger partial charge in [-0.1, -0.05) is 6.07 Å². The minimum atomic E-state index is -4.45. The fourth-order valence-electron chi connectivity index (χ4n) is 2.33. The molecule has 28 heavy (non-hydrogen) atoms. The predicted molar refractivity (Wildman–Crippen MR) is 93.3 cm³/mol. The van der Waals surface area contributed by atoms with Crippen molar-refractivity contribution in [3.05, 3.63) is 83.6 Å². The third kappa shape index (κ3) is 4.43. The van der Waals surface area contributed by atoms with Gasteiger partial charge in [-0.3, -0.25) is 4.79 Å². The molecule has 0 atom stereocenters. The third-order valence-corrected chi connectivity index (χ3v) is 3.71. The van der Waals surface area contributed by atoms with Crippen molar-refractivity contribution in [2.75, 3.05) is 10.6 Å². The van der Waals surface area contributed by atoms with E-state index in [4.69, 9.17) is 0 Å². The molecule has 0 saturated heterocycles. The number of amides is 1. The van der Waals surface area contributed by atoms with Crippen LogP contribution in [0.5, 0.6) is 0 Å². The summed E-state index contributed by atoms with van der Waals surface area (Å²) in [6.45, 7) is 0. The molecule has 0 aliphatic heterocycles. The summed E-state index contributed by atoms with van der Waals surface area (Å²) in [7, 11) is 0. The van der Waals surface area contributed by atoms with Crippen LogP contribution in [0.3, 0.4) is 0 Å². The summed E-state index contributed by atoms with van der Waals surface area (Å²) in [6, 6.07) is 10.0. The number of carbonyl (C=O) groups is 1. The molecule has 144 valence electrons. The first-order valence-electron chi connectivity index (χ1n) is 7.90. The monoisotopic (exact) mass is 393 g/mol. The SMILES string of the molecule is O=C(Nc1c(F)cccc1F)c1ccnc(Nc2ccc(C(F)(F)F)cc2)c1. The van der Waals surface area contributed by atoms with Crippen molar-refractivity contribution in [2.45, 2.75) is 6.18 Å². The highest BCUT2D eigenvalue weighted by molar-refractivity contribution is 6.04. The summed E-state index contributed by atoms with van der Waals surface area (Å²) >= 11 is 0. The summed E-state index contributed by atoms with van der Waals surface area (Å²) in [4.78, 5) is 16.2. The van der Waals surface area contributed by atoms with E-state index in [1.807, 2.05) is 0 Å². The number of nitrogens with zero attached hydrogens (tertiary/aromatic N) is 1. The number of para-hydroxylation sites is 1. The number of pyridine rings is 1. The van der Waals surface area contributed by atoms with Gasteiger partial charge in [0.15, 0.2) is 0 Å². The lowest BCUT2D eigenvalue weighted by Crippen LogP contribution is -2.14. The van der Waals surface area contributed by atoms with Gasteiger partial charge in [0.05, 0.1) is 5.56 Å². The lowest BCUT2D eigenvalue weighted by atomic mass is 10.2. The van der Waals surface area contributed by atoms with Crippen molar-refractivity contribution in [1.82, 2.24) is 4.98 Å². The smallest absolute Gasteiger partial charge is 0.340 e. The molecule has 1 aromatic heterocycles. The van der Waals surface area contributed by atoms with E-state index in [9.17, 15) is 26.7 Å². The van der Waals surface area contributed by atoms with E-state index in [0.717, 1.165) is 24.3 Å². The fourth-order valence-corrected chi connectivity index (χ4v) is 2.33. The number of rotatable bonds is 4. The standard InChI is InChI=1S/C19H12F5N3O/c20-14-2-1-3-15(21)17(14)27-18(28)11-8-9-25-16(10-11)26-13-6-4-12(5-7-13)19(22,23)24/h1-10H,(H,25,26)(H,27,28). The van der Waals surface area contributed by atoms with Gasteiger partial charge in [-0.15, -0.1) is 0 Å². The molecule has 0 fully saturated rings. The molecule has 0 bridgehead atoms. The number of anilines is 3. The minimum Gasteiger partial charge on any atom is -0.340 e. The van der Waals surface area contributed by atoms with Gasteiger partial charge in [0.1, 0.15) is 23.1 Å². The molecule has 2 aromatic carbocycles. The van der Waals surface area contributed by atoms with Crippen molar-refractivity contribution in [1.29, 1.82) is 0 Å². The maximum atomic E-state index is 13.7. The van der Waals surface area contributed by atoms with E-state index < -0.39 is 35.0 Å². The first-order valence-corrected chi connectivity index (χ1v) is 7.90. The van der Waals surface area contributed by atoms with Crippen molar-refractivity contribution in [2.24, 2.45) is 0 Å². The van der Waals surface area contributed by atoms with Gasteiger partial charge in [-0.25, -0.2) is 13.8 Å². The first kappa shape index (κ1) is 19.3. The minimum absolute atomic E-state index is 0.0482. The van der Waals surface area contributed by atoms with E-state index in [-0.39, 0.29) is 11.4 Å². The number of hydrogen-bond donors (Lipinski definition) is 2. The largest absolute Gasteiger partial charge is 0.416 e. The van der Waals surface area contributed by atoms with Gasteiger partial charge >= 0.3 is 6.18 Å². The Morgan fingerprint density at radius 1 is 0.929 bits per heavy atom. The highest BCUT2D eigenvalue weighted by atomic mass is 19.4. The second-order valence-corrected chi connectivity index (χ2v) is 5.68. The van der Waals surface area contributed by atoms with E-state index in [1.54, 1.807) is 0 Å². The number of hydrogen-bond acceptors (Lipinski definition) is 3. The number of aromatic nitrogens is 1. The number of carbonyl (C=O) groups excluding carboxylic acids is 1. The Labute approximate surface area is 156 Å². The molecule has 3 rings (SSSR count). The molecule has 0 radical (unpaired) electrons. The van der Waals surface area contributed by atoms with E-state index in [2.05, 4.69) is 15.6 Å². The molecule has 1 amide bonds. The Morgan fingerprint density at radius 3 is 2.18 bits per heavy atom. The Kier molecular flexibility index (Phi) is 5.25. The molecule has 0 saturated carbocycles. The van der Waals surface area contributed by atoms with Crippen LogP contribution in [0.2, 0.25) is 0 Å². The predicted octanol–water partition coefficient (Wildman–Crippen LogP) is 5.37. The van der Waals surface area contributed by atoms with Crippen molar-refractivity contribution < 1.29 is 26.7 Å². The summed E-state index contributed by atoms with van der Waals surface area (Å²) < 4.78 is 65.1. The maximum Gasteiger partial charge on any atom is 0.416 e. The second-order valence-electron chi connectivity index (χ2n) is 5.68. The van der Waals surface area contributed by atoms with Gasteiger partial charge in [-0.2, -0.15) is 13.2 Å². The lowest BCUT2D eigenvalue weighted by molar-refractivity contribution is -0.137. The summed E-state index contributed by atoms with van der Waals surface area (Å²) in [5.41, 5.74) is -1.02. The number of alkyl halides is 3. The van der Waals surface area contributed by atoms with Crippen LogP contribution < -0.4 is 10.6 Å².